The van der Waals surface area contributed by atoms with Crippen LogP contribution in [0.3, 0.4) is 0 Å². The summed E-state index contributed by atoms with van der Waals surface area (Å²) >= 11 is 1.49. The van der Waals surface area contributed by atoms with Crippen LogP contribution < -0.4 is 5.32 Å². The minimum absolute atomic E-state index is 0.00662. The minimum Gasteiger partial charge on any atom is -0.396 e. The van der Waals surface area contributed by atoms with Gasteiger partial charge in [0, 0.05) is 11.4 Å². The maximum Gasteiger partial charge on any atom is 0.237 e. The lowest BCUT2D eigenvalue weighted by Crippen LogP contribution is -2.25. The number of rotatable bonds is 6. The molecule has 0 spiro atoms. The molecule has 0 heterocycles. The smallest absolute Gasteiger partial charge is 0.237 e. The molecule has 3 nitrogen and oxygen atoms in total. The molecule has 0 radical (unpaired) electrons. The Morgan fingerprint density at radius 2 is 2.12 bits per heavy atom. The Morgan fingerprint density at radius 3 is 2.69 bits per heavy atom. The zero-order chi connectivity index (χ0) is 11.8. The first-order chi connectivity index (χ1) is 7.77. The molecule has 0 saturated carbocycles. The van der Waals surface area contributed by atoms with Crippen molar-refractivity contribution in [2.45, 2.75) is 18.6 Å². The van der Waals surface area contributed by atoms with Crippen molar-refractivity contribution >= 4 is 23.4 Å². The zero-order valence-electron chi connectivity index (χ0n) is 9.35. The SMILES string of the molecule is CCC(SCCO)C(=O)Nc1ccccc1. The summed E-state index contributed by atoms with van der Waals surface area (Å²) in [6.07, 6.45) is 0.767. The summed E-state index contributed by atoms with van der Waals surface area (Å²) in [4.78, 5) is 11.8. The number of aliphatic hydroxyl groups is 1. The van der Waals surface area contributed by atoms with Crippen molar-refractivity contribution in [3.63, 3.8) is 0 Å². The second kappa shape index (κ2) is 7.30. The van der Waals surface area contributed by atoms with Crippen molar-refractivity contribution in [2.24, 2.45) is 0 Å². The predicted octanol–water partition coefficient (Wildman–Crippen LogP) is 2.13. The van der Waals surface area contributed by atoms with Crippen LogP contribution in [0, 0.1) is 0 Å². The van der Waals surface area contributed by atoms with Crippen LogP contribution in [0.25, 0.3) is 0 Å². The van der Waals surface area contributed by atoms with Gasteiger partial charge in [-0.05, 0) is 18.6 Å². The van der Waals surface area contributed by atoms with E-state index in [0.29, 0.717) is 5.75 Å². The van der Waals surface area contributed by atoms with Gasteiger partial charge < -0.3 is 10.4 Å². The highest BCUT2D eigenvalue weighted by Gasteiger charge is 2.16. The van der Waals surface area contributed by atoms with E-state index in [1.807, 2.05) is 37.3 Å². The van der Waals surface area contributed by atoms with Gasteiger partial charge in [0.2, 0.25) is 5.91 Å². The molecule has 16 heavy (non-hydrogen) atoms. The number of benzene rings is 1. The fourth-order valence-electron chi connectivity index (χ4n) is 1.32. The molecule has 0 aliphatic heterocycles. The zero-order valence-corrected chi connectivity index (χ0v) is 10.2. The molecule has 1 amide bonds. The summed E-state index contributed by atoms with van der Waals surface area (Å²) in [5.74, 6) is 0.605. The number of hydrogen-bond acceptors (Lipinski definition) is 3. The number of thioether (sulfide) groups is 1. The Balaban J connectivity index is 2.49. The number of hydrogen-bond donors (Lipinski definition) is 2. The van der Waals surface area contributed by atoms with Gasteiger partial charge in [0.05, 0.1) is 11.9 Å². The summed E-state index contributed by atoms with van der Waals surface area (Å²) in [7, 11) is 0. The lowest BCUT2D eigenvalue weighted by atomic mass is 10.3. The van der Waals surface area contributed by atoms with Crippen LogP contribution >= 0.6 is 11.8 Å². The van der Waals surface area contributed by atoms with Gasteiger partial charge in [-0.25, -0.2) is 0 Å². The molecule has 1 atom stereocenters. The van der Waals surface area contributed by atoms with Gasteiger partial charge in [-0.2, -0.15) is 0 Å². The number of anilines is 1. The average molecular weight is 239 g/mol. The van der Waals surface area contributed by atoms with Crippen molar-refractivity contribution in [3.8, 4) is 0 Å². The Bertz CT molecular complexity index is 316. The van der Waals surface area contributed by atoms with E-state index < -0.39 is 0 Å². The molecule has 4 heteroatoms. The van der Waals surface area contributed by atoms with Crippen LogP contribution in [0.5, 0.6) is 0 Å². The molecule has 0 aromatic heterocycles. The second-order valence-electron chi connectivity index (χ2n) is 3.35. The van der Waals surface area contributed by atoms with Gasteiger partial charge in [-0.3, -0.25) is 4.79 Å². The van der Waals surface area contributed by atoms with Crippen molar-refractivity contribution in [1.29, 1.82) is 0 Å². The average Bonchev–Trinajstić information content (AvgIpc) is 2.31. The molecule has 0 bridgehead atoms. The first kappa shape index (κ1) is 13.1. The molecule has 1 aromatic carbocycles. The molecule has 1 aromatic rings. The van der Waals surface area contributed by atoms with Crippen LogP contribution in [0.2, 0.25) is 0 Å². The molecule has 1 unspecified atom stereocenters. The summed E-state index contributed by atoms with van der Waals surface area (Å²) in [5, 5.41) is 11.5. The number of para-hydroxylation sites is 1. The highest BCUT2D eigenvalue weighted by molar-refractivity contribution is 8.00. The Kier molecular flexibility index (Phi) is 5.96. The molecule has 1 rings (SSSR count). The molecular weight excluding hydrogens is 222 g/mol. The van der Waals surface area contributed by atoms with Gasteiger partial charge in [0.1, 0.15) is 0 Å². The standard InChI is InChI=1S/C12H17NO2S/c1-2-11(16-9-8-14)12(15)13-10-6-4-3-5-7-10/h3-7,11,14H,2,8-9H2,1H3,(H,13,15). The van der Waals surface area contributed by atoms with E-state index in [4.69, 9.17) is 5.11 Å². The van der Waals surface area contributed by atoms with Crippen molar-refractivity contribution in [3.05, 3.63) is 30.3 Å². The third kappa shape index (κ3) is 4.24. The van der Waals surface area contributed by atoms with Gasteiger partial charge in [0.15, 0.2) is 0 Å². The van der Waals surface area contributed by atoms with Crippen molar-refractivity contribution in [1.82, 2.24) is 0 Å². The topological polar surface area (TPSA) is 49.3 Å². The Morgan fingerprint density at radius 1 is 1.44 bits per heavy atom. The van der Waals surface area contributed by atoms with Crippen LogP contribution in [-0.2, 0) is 4.79 Å². The monoisotopic (exact) mass is 239 g/mol. The van der Waals surface area contributed by atoms with E-state index in [9.17, 15) is 4.79 Å². The molecule has 2 N–H and O–H groups in total. The summed E-state index contributed by atoms with van der Waals surface area (Å²) in [6.45, 7) is 2.08. The fraction of sp³-hybridized carbons (Fsp3) is 0.417. The number of carbonyl (C=O) groups excluding carboxylic acids is 1. The van der Waals surface area contributed by atoms with E-state index in [2.05, 4.69) is 5.32 Å². The normalized spacial score (nSPS) is 12.1. The summed E-state index contributed by atoms with van der Waals surface area (Å²) in [6, 6.07) is 9.41. The van der Waals surface area contributed by atoms with Gasteiger partial charge in [-0.1, -0.05) is 25.1 Å². The fourth-order valence-corrected chi connectivity index (χ4v) is 2.15. The largest absolute Gasteiger partial charge is 0.396 e. The van der Waals surface area contributed by atoms with Crippen molar-refractivity contribution < 1.29 is 9.90 Å². The number of amides is 1. The third-order valence-corrected chi connectivity index (χ3v) is 3.48. The molecule has 0 fully saturated rings. The summed E-state index contributed by atoms with van der Waals surface area (Å²) < 4.78 is 0. The maximum absolute atomic E-state index is 11.8. The van der Waals surface area contributed by atoms with Gasteiger partial charge in [0.25, 0.3) is 0 Å². The first-order valence-electron chi connectivity index (χ1n) is 5.36. The van der Waals surface area contributed by atoms with Crippen LogP contribution in [0.15, 0.2) is 30.3 Å². The lowest BCUT2D eigenvalue weighted by Gasteiger charge is -2.13. The quantitative estimate of drug-likeness (QED) is 0.799. The Labute approximate surface area is 100 Å². The van der Waals surface area contributed by atoms with Crippen LogP contribution in [-0.4, -0.2) is 28.6 Å². The second-order valence-corrected chi connectivity index (χ2v) is 4.66. The van der Waals surface area contributed by atoms with Gasteiger partial charge >= 0.3 is 0 Å². The van der Waals surface area contributed by atoms with Crippen LogP contribution in [0.1, 0.15) is 13.3 Å². The first-order valence-corrected chi connectivity index (χ1v) is 6.41. The highest BCUT2D eigenvalue weighted by Crippen LogP contribution is 2.16. The maximum atomic E-state index is 11.8. The van der Waals surface area contributed by atoms with E-state index in [0.717, 1.165) is 12.1 Å². The number of carbonyl (C=O) groups is 1. The van der Waals surface area contributed by atoms with Gasteiger partial charge in [-0.15, -0.1) is 11.8 Å². The molecule has 0 aliphatic rings. The van der Waals surface area contributed by atoms with E-state index in [-0.39, 0.29) is 17.8 Å². The Hall–Kier alpha value is -1.00. The number of aliphatic hydroxyl groups excluding tert-OH is 1. The molecular formula is C12H17NO2S. The highest BCUT2D eigenvalue weighted by atomic mass is 32.2. The lowest BCUT2D eigenvalue weighted by molar-refractivity contribution is -0.115. The predicted molar refractivity (Wildman–Crippen MR) is 68.7 cm³/mol. The number of nitrogens with one attached hydrogen (secondary N) is 1. The minimum atomic E-state index is -0.0904. The summed E-state index contributed by atoms with van der Waals surface area (Å²) in [5.41, 5.74) is 0.815. The third-order valence-electron chi connectivity index (χ3n) is 2.11. The van der Waals surface area contributed by atoms with E-state index in [1.165, 1.54) is 11.8 Å². The van der Waals surface area contributed by atoms with E-state index >= 15 is 0 Å². The molecule has 0 saturated heterocycles. The molecule has 88 valence electrons. The van der Waals surface area contributed by atoms with Crippen LogP contribution in [0.4, 0.5) is 5.69 Å². The van der Waals surface area contributed by atoms with E-state index in [1.54, 1.807) is 0 Å². The van der Waals surface area contributed by atoms with Crippen molar-refractivity contribution in [2.75, 3.05) is 17.7 Å². The molecule has 0 aliphatic carbocycles.